The molecule has 0 aliphatic carbocycles. The second kappa shape index (κ2) is 9.90. The van der Waals surface area contributed by atoms with Crippen molar-refractivity contribution in [2.24, 2.45) is 0 Å². The molecule has 6 nitrogen and oxygen atoms in total. The van der Waals surface area contributed by atoms with E-state index in [1.807, 2.05) is 0 Å². The molecule has 2 aromatic rings. The fourth-order valence-corrected chi connectivity index (χ4v) is 3.62. The van der Waals surface area contributed by atoms with Gasteiger partial charge in [-0.1, -0.05) is 25.1 Å². The van der Waals surface area contributed by atoms with Crippen molar-refractivity contribution in [3.63, 3.8) is 0 Å². The third-order valence-electron chi connectivity index (χ3n) is 3.50. The minimum absolute atomic E-state index is 0.0349. The first-order chi connectivity index (χ1) is 14.1. The highest BCUT2D eigenvalue weighted by molar-refractivity contribution is 7.52. The summed E-state index contributed by atoms with van der Waals surface area (Å²) in [5.41, 5.74) is 0. The molecule has 0 saturated carbocycles. The van der Waals surface area contributed by atoms with Crippen LogP contribution in [-0.2, 0) is 14.1 Å². The van der Waals surface area contributed by atoms with E-state index in [0.717, 1.165) is 0 Å². The number of carbonyl (C=O) groups is 1. The molecule has 164 valence electrons. The fourth-order valence-electron chi connectivity index (χ4n) is 2.09. The van der Waals surface area contributed by atoms with Crippen LogP contribution in [0, 0.1) is 29.1 Å². The summed E-state index contributed by atoms with van der Waals surface area (Å²) in [4.78, 5) is 11.9. The van der Waals surface area contributed by atoms with Gasteiger partial charge in [0.2, 0.25) is 34.8 Å². The van der Waals surface area contributed by atoms with Crippen molar-refractivity contribution in [3.8, 4) is 11.5 Å². The summed E-state index contributed by atoms with van der Waals surface area (Å²) in [5.74, 6) is -14.6. The maximum atomic E-state index is 14.0. The Bertz CT molecular complexity index is 931. The lowest BCUT2D eigenvalue weighted by atomic mass is 10.3. The Hall–Kier alpha value is -2.65. The number of ether oxygens (including phenoxy) is 1. The van der Waals surface area contributed by atoms with E-state index >= 15 is 0 Å². The van der Waals surface area contributed by atoms with Crippen molar-refractivity contribution in [3.05, 3.63) is 59.4 Å². The molecule has 12 heteroatoms. The molecule has 2 aromatic carbocycles. The molecule has 0 saturated heterocycles. The third kappa shape index (κ3) is 5.48. The Morgan fingerprint density at radius 2 is 1.50 bits per heavy atom. The molecule has 0 amide bonds. The van der Waals surface area contributed by atoms with Crippen LogP contribution >= 0.6 is 7.75 Å². The zero-order chi connectivity index (χ0) is 22.5. The molecule has 0 aliphatic heterocycles. The summed E-state index contributed by atoms with van der Waals surface area (Å²) in [6, 6.07) is 5.67. The van der Waals surface area contributed by atoms with Crippen LogP contribution in [0.25, 0.3) is 0 Å². The van der Waals surface area contributed by atoms with Crippen LogP contribution in [0.5, 0.6) is 11.5 Å². The molecule has 0 spiro atoms. The predicted octanol–water partition coefficient (Wildman–Crippen LogP) is 4.88. The van der Waals surface area contributed by atoms with Crippen molar-refractivity contribution in [1.29, 1.82) is 0 Å². The van der Waals surface area contributed by atoms with E-state index in [1.165, 1.54) is 31.2 Å². The van der Waals surface area contributed by atoms with Gasteiger partial charge in [-0.2, -0.15) is 13.9 Å². The van der Waals surface area contributed by atoms with Gasteiger partial charge in [-0.05, 0) is 25.5 Å². The monoisotopic (exact) mass is 453 g/mol. The van der Waals surface area contributed by atoms with Gasteiger partial charge in [0.05, 0.1) is 6.61 Å². The quantitative estimate of drug-likeness (QED) is 0.192. The number of esters is 1. The highest BCUT2D eigenvalue weighted by Gasteiger charge is 2.38. The normalized spacial score (nSPS) is 14.0. The van der Waals surface area contributed by atoms with Gasteiger partial charge in [0, 0.05) is 0 Å². The number of rotatable bonds is 9. The van der Waals surface area contributed by atoms with Crippen LogP contribution in [0.2, 0.25) is 0 Å². The third-order valence-corrected chi connectivity index (χ3v) is 5.08. The SMILES string of the molecule is CCCOC(=O)[C@@H](C)N[P@@](=O)(Oc1ccccc1)Oc1c(F)c(F)c(F)c(F)c1F. The molecule has 0 aliphatic rings. The topological polar surface area (TPSA) is 73.9 Å². The summed E-state index contributed by atoms with van der Waals surface area (Å²) in [6.45, 7) is 2.94. The Morgan fingerprint density at radius 1 is 0.967 bits per heavy atom. The lowest BCUT2D eigenvalue weighted by Gasteiger charge is -2.23. The number of nitrogens with one attached hydrogen (secondary N) is 1. The van der Waals surface area contributed by atoms with E-state index in [2.05, 4.69) is 9.61 Å². The van der Waals surface area contributed by atoms with Crippen LogP contribution in [0.1, 0.15) is 20.3 Å². The molecule has 0 heterocycles. The van der Waals surface area contributed by atoms with Gasteiger partial charge >= 0.3 is 13.7 Å². The van der Waals surface area contributed by atoms with E-state index in [-0.39, 0.29) is 12.4 Å². The van der Waals surface area contributed by atoms with Gasteiger partial charge in [0.1, 0.15) is 11.8 Å². The summed E-state index contributed by atoms with van der Waals surface area (Å²) < 4.78 is 95.9. The highest BCUT2D eigenvalue weighted by Crippen LogP contribution is 2.47. The number of halogens is 5. The molecule has 0 unspecified atom stereocenters. The van der Waals surface area contributed by atoms with E-state index in [0.29, 0.717) is 6.42 Å². The molecule has 30 heavy (non-hydrogen) atoms. The Kier molecular flexibility index (Phi) is 7.80. The standard InChI is InChI=1S/C18H17F5NO5P/c1-3-9-27-18(25)10(2)24-30(26,28-11-7-5-4-6-8-11)29-17-15(22)13(20)12(19)14(21)16(17)23/h4-8,10H,3,9H2,1-2H3,(H,24,26)/t10-,30-/m1/s1. The fraction of sp³-hybridized carbons (Fsp3) is 0.278. The maximum Gasteiger partial charge on any atom is 0.513 e. The molecular weight excluding hydrogens is 436 g/mol. The number of hydrogen-bond donors (Lipinski definition) is 1. The molecule has 0 fully saturated rings. The first-order valence-corrected chi connectivity index (χ1v) is 10.1. The Labute approximate surface area is 168 Å². The number of hydrogen-bond acceptors (Lipinski definition) is 5. The second-order valence-corrected chi connectivity index (χ2v) is 7.53. The molecule has 0 radical (unpaired) electrons. The van der Waals surface area contributed by atoms with Crippen molar-refractivity contribution in [2.45, 2.75) is 26.3 Å². The Balaban J connectivity index is 2.42. The van der Waals surface area contributed by atoms with Crippen LogP contribution in [0.4, 0.5) is 22.0 Å². The van der Waals surface area contributed by atoms with Crippen molar-refractivity contribution in [1.82, 2.24) is 5.09 Å². The van der Waals surface area contributed by atoms with Gasteiger partial charge in [-0.15, -0.1) is 0 Å². The van der Waals surface area contributed by atoms with Crippen LogP contribution in [0.3, 0.4) is 0 Å². The first-order valence-electron chi connectivity index (χ1n) is 8.59. The van der Waals surface area contributed by atoms with E-state index < -0.39 is 54.6 Å². The number of benzene rings is 2. The molecule has 2 rings (SSSR count). The van der Waals surface area contributed by atoms with E-state index in [1.54, 1.807) is 13.0 Å². The minimum atomic E-state index is -4.90. The number of para-hydroxylation sites is 1. The van der Waals surface area contributed by atoms with Gasteiger partial charge in [-0.25, -0.2) is 17.7 Å². The average molecular weight is 453 g/mol. The van der Waals surface area contributed by atoms with Gasteiger partial charge < -0.3 is 13.8 Å². The molecule has 1 N–H and O–H groups in total. The molecule has 0 aromatic heterocycles. The highest BCUT2D eigenvalue weighted by atomic mass is 31.2. The van der Waals surface area contributed by atoms with Gasteiger partial charge in [0.25, 0.3) is 0 Å². The Morgan fingerprint density at radius 3 is 2.03 bits per heavy atom. The van der Waals surface area contributed by atoms with Crippen LogP contribution in [0.15, 0.2) is 30.3 Å². The maximum absolute atomic E-state index is 14.0. The van der Waals surface area contributed by atoms with Crippen molar-refractivity contribution >= 4 is 13.7 Å². The van der Waals surface area contributed by atoms with E-state index in [9.17, 15) is 31.3 Å². The molecule has 2 atom stereocenters. The zero-order valence-corrected chi connectivity index (χ0v) is 16.7. The summed E-state index contributed by atoms with van der Waals surface area (Å²) >= 11 is 0. The second-order valence-electron chi connectivity index (χ2n) is 5.91. The van der Waals surface area contributed by atoms with Crippen LogP contribution < -0.4 is 14.1 Å². The average Bonchev–Trinajstić information content (AvgIpc) is 2.72. The summed E-state index contributed by atoms with van der Waals surface area (Å²) in [6.07, 6.45) is 0.484. The zero-order valence-electron chi connectivity index (χ0n) is 15.8. The summed E-state index contributed by atoms with van der Waals surface area (Å²) in [5, 5.41) is 2.07. The van der Waals surface area contributed by atoms with Crippen molar-refractivity contribution < 1.29 is 45.1 Å². The smallest absolute Gasteiger partial charge is 0.465 e. The number of carbonyl (C=O) groups excluding carboxylic acids is 1. The summed E-state index contributed by atoms with van der Waals surface area (Å²) in [7, 11) is -4.90. The predicted molar refractivity (Wildman–Crippen MR) is 95.4 cm³/mol. The minimum Gasteiger partial charge on any atom is -0.465 e. The van der Waals surface area contributed by atoms with E-state index in [4.69, 9.17) is 9.26 Å². The molecular formula is C18H17F5NO5P. The molecule has 0 bridgehead atoms. The van der Waals surface area contributed by atoms with Crippen molar-refractivity contribution in [2.75, 3.05) is 6.61 Å². The first kappa shape index (κ1) is 23.6. The largest absolute Gasteiger partial charge is 0.513 e. The van der Waals surface area contributed by atoms with Gasteiger partial charge in [-0.3, -0.25) is 4.79 Å². The lowest BCUT2D eigenvalue weighted by molar-refractivity contribution is -0.145. The lowest BCUT2D eigenvalue weighted by Crippen LogP contribution is -2.36. The van der Waals surface area contributed by atoms with Crippen LogP contribution in [-0.4, -0.2) is 18.6 Å². The van der Waals surface area contributed by atoms with Gasteiger partial charge in [0.15, 0.2) is 0 Å².